The van der Waals surface area contributed by atoms with Gasteiger partial charge in [-0.15, -0.1) is 0 Å². The normalized spacial score (nSPS) is 8.89. The van der Waals surface area contributed by atoms with Crippen LogP contribution in [0.3, 0.4) is 0 Å². The van der Waals surface area contributed by atoms with Crippen molar-refractivity contribution in [2.75, 3.05) is 0 Å². The number of hydrogen-bond acceptors (Lipinski definition) is 3. The van der Waals surface area contributed by atoms with Gasteiger partial charge in [-0.05, 0) is 12.1 Å². The van der Waals surface area contributed by atoms with E-state index in [1.54, 1.807) is 0 Å². The van der Waals surface area contributed by atoms with Crippen molar-refractivity contribution < 1.29 is 14.0 Å². The fraction of sp³-hybridized carbons (Fsp3) is 0. The highest BCUT2D eigenvalue weighted by Gasteiger charge is 1.96. The van der Waals surface area contributed by atoms with Gasteiger partial charge in [0.1, 0.15) is 0 Å². The Hall–Kier alpha value is -1.38. The molecular weight excluding hydrogens is 122 g/mol. The van der Waals surface area contributed by atoms with E-state index in [9.17, 15) is 9.59 Å². The molecule has 3 nitrogen and oxygen atoms in total. The number of furan rings is 1. The molecule has 0 aromatic carbocycles. The summed E-state index contributed by atoms with van der Waals surface area (Å²) < 4.78 is 4.65. The van der Waals surface area contributed by atoms with Crippen LogP contribution in [-0.4, -0.2) is 12.6 Å². The minimum Gasteiger partial charge on any atom is -0.450 e. The number of carbonyl (C=O) groups excluding carboxylic acids is 2. The summed E-state index contributed by atoms with van der Waals surface area (Å²) >= 11 is 0. The smallest absolute Gasteiger partial charge is 0.185 e. The van der Waals surface area contributed by atoms with Gasteiger partial charge in [0, 0.05) is 0 Å². The van der Waals surface area contributed by atoms with Crippen molar-refractivity contribution in [2.45, 2.75) is 0 Å². The van der Waals surface area contributed by atoms with E-state index in [1.165, 1.54) is 12.1 Å². The summed E-state index contributed by atoms with van der Waals surface area (Å²) in [6.07, 6.45) is 1.10. The predicted molar refractivity (Wildman–Crippen MR) is 29.5 cm³/mol. The zero-order valence-corrected chi connectivity index (χ0v) is 4.53. The van der Waals surface area contributed by atoms with Gasteiger partial charge in [0.25, 0.3) is 0 Å². The first-order valence-corrected chi connectivity index (χ1v) is 2.37. The van der Waals surface area contributed by atoms with Gasteiger partial charge < -0.3 is 4.42 Å². The largest absolute Gasteiger partial charge is 0.450 e. The number of carbonyl (C=O) groups is 2. The Morgan fingerprint density at radius 2 is 2.11 bits per heavy atom. The van der Waals surface area contributed by atoms with Crippen LogP contribution >= 0.6 is 0 Å². The molecule has 0 aliphatic heterocycles. The number of aldehydes is 2. The topological polar surface area (TPSA) is 47.3 Å². The average Bonchev–Trinajstić information content (AvgIpc) is 2.34. The van der Waals surface area contributed by atoms with E-state index in [2.05, 4.69) is 4.42 Å². The number of rotatable bonds is 2. The molecule has 0 aliphatic carbocycles. The summed E-state index contributed by atoms with van der Waals surface area (Å²) in [6.45, 7) is 0. The molecule has 0 unspecified atom stereocenters. The summed E-state index contributed by atoms with van der Waals surface area (Å²) in [5.74, 6) is 0.356. The van der Waals surface area contributed by atoms with Crippen LogP contribution in [-0.2, 0) is 0 Å². The maximum absolute atomic E-state index is 9.93. The standard InChI is InChI=1S/C6H4O3/c7-3-5-1-2-6(4-8)9-5/h1-4H/i7+2. The summed E-state index contributed by atoms with van der Waals surface area (Å²) in [7, 11) is 0. The molecular formula is C6H4O3. The summed E-state index contributed by atoms with van der Waals surface area (Å²) in [5, 5.41) is 0. The van der Waals surface area contributed by atoms with Crippen molar-refractivity contribution in [3.05, 3.63) is 23.7 Å². The van der Waals surface area contributed by atoms with Crippen LogP contribution in [0.15, 0.2) is 16.5 Å². The van der Waals surface area contributed by atoms with Gasteiger partial charge in [0.15, 0.2) is 24.1 Å². The molecule has 0 aliphatic rings. The maximum Gasteiger partial charge on any atom is 0.185 e. The molecule has 0 radical (unpaired) electrons. The second-order valence-electron chi connectivity index (χ2n) is 1.48. The average molecular weight is 126 g/mol. The summed E-state index contributed by atoms with van der Waals surface area (Å²) in [4.78, 5) is 19.9. The Kier molecular flexibility index (Phi) is 1.44. The second kappa shape index (κ2) is 2.26. The molecule has 1 rings (SSSR count). The molecule has 3 heteroatoms. The highest BCUT2D eigenvalue weighted by molar-refractivity contribution is 5.75. The molecule has 0 spiro atoms. The lowest BCUT2D eigenvalue weighted by Gasteiger charge is -1.75. The van der Waals surface area contributed by atoms with Crippen LogP contribution < -0.4 is 0 Å². The molecule has 0 N–H and O–H groups in total. The Labute approximate surface area is 51.3 Å². The van der Waals surface area contributed by atoms with Crippen LogP contribution in [0.25, 0.3) is 0 Å². The molecule has 0 fully saturated rings. The zero-order valence-electron chi connectivity index (χ0n) is 4.53. The first kappa shape index (κ1) is 5.75. The molecule has 0 saturated heterocycles. The summed E-state index contributed by atoms with van der Waals surface area (Å²) in [5.41, 5.74) is 0. The second-order valence-corrected chi connectivity index (χ2v) is 1.48. The van der Waals surface area contributed by atoms with Crippen molar-refractivity contribution in [3.8, 4) is 0 Å². The molecule has 46 valence electrons. The van der Waals surface area contributed by atoms with E-state index >= 15 is 0 Å². The minimum absolute atomic E-state index is 0.178. The van der Waals surface area contributed by atoms with E-state index in [4.69, 9.17) is 0 Å². The molecule has 0 amide bonds. The van der Waals surface area contributed by atoms with Gasteiger partial charge in [0.2, 0.25) is 0 Å². The van der Waals surface area contributed by atoms with Gasteiger partial charge >= 0.3 is 0 Å². The fourth-order valence-electron chi connectivity index (χ4n) is 0.495. The zero-order chi connectivity index (χ0) is 6.69. The Morgan fingerprint density at radius 1 is 1.44 bits per heavy atom. The van der Waals surface area contributed by atoms with Crippen molar-refractivity contribution in [3.63, 3.8) is 0 Å². The lowest BCUT2D eigenvalue weighted by Crippen LogP contribution is -1.70. The van der Waals surface area contributed by atoms with Gasteiger partial charge in [0.05, 0.1) is 0 Å². The van der Waals surface area contributed by atoms with Gasteiger partial charge in [-0.2, -0.15) is 0 Å². The van der Waals surface area contributed by atoms with E-state index in [-0.39, 0.29) is 11.5 Å². The first-order valence-electron chi connectivity index (χ1n) is 2.37. The van der Waals surface area contributed by atoms with Crippen LogP contribution in [0.2, 0.25) is 0 Å². The van der Waals surface area contributed by atoms with Crippen LogP contribution in [0.5, 0.6) is 0 Å². The molecule has 1 aromatic heterocycles. The highest BCUT2D eigenvalue weighted by atomic mass is 18.1. The van der Waals surface area contributed by atoms with E-state index in [0.29, 0.717) is 12.6 Å². The minimum atomic E-state index is 0.178. The SMILES string of the molecule is O=Cc1ccc(C=[18O])o1. The van der Waals surface area contributed by atoms with Crippen molar-refractivity contribution >= 4 is 12.6 Å². The Balaban J connectivity index is 2.98. The lowest BCUT2D eigenvalue weighted by molar-refractivity contribution is 0.108. The van der Waals surface area contributed by atoms with Gasteiger partial charge in [-0.1, -0.05) is 0 Å². The van der Waals surface area contributed by atoms with E-state index < -0.39 is 0 Å². The molecule has 0 saturated carbocycles. The fourth-order valence-corrected chi connectivity index (χ4v) is 0.495. The summed E-state index contributed by atoms with van der Waals surface area (Å²) in [6, 6.07) is 2.88. The van der Waals surface area contributed by atoms with Crippen molar-refractivity contribution in [1.82, 2.24) is 0 Å². The van der Waals surface area contributed by atoms with Crippen molar-refractivity contribution in [1.29, 1.82) is 0 Å². The Bertz CT molecular complexity index is 201. The van der Waals surface area contributed by atoms with Crippen LogP contribution in [0.1, 0.15) is 21.1 Å². The quantitative estimate of drug-likeness (QED) is 0.437. The molecule has 9 heavy (non-hydrogen) atoms. The third kappa shape index (κ3) is 1.05. The molecule has 1 heterocycles. The van der Waals surface area contributed by atoms with Gasteiger partial charge in [-0.25, -0.2) is 0 Å². The van der Waals surface area contributed by atoms with Crippen LogP contribution in [0.4, 0.5) is 0 Å². The third-order valence-electron chi connectivity index (χ3n) is 0.880. The maximum atomic E-state index is 9.93. The molecule has 1 aromatic rings. The third-order valence-corrected chi connectivity index (χ3v) is 0.880. The van der Waals surface area contributed by atoms with Crippen LogP contribution in [0, 0.1) is 0 Å². The van der Waals surface area contributed by atoms with E-state index in [1.807, 2.05) is 0 Å². The van der Waals surface area contributed by atoms with Gasteiger partial charge in [-0.3, -0.25) is 9.59 Å². The highest BCUT2D eigenvalue weighted by Crippen LogP contribution is 2.01. The monoisotopic (exact) mass is 126 g/mol. The predicted octanol–water partition coefficient (Wildman–Crippen LogP) is 0.905. The van der Waals surface area contributed by atoms with E-state index in [0.717, 1.165) is 0 Å². The number of hydrogen-bond donors (Lipinski definition) is 0. The Morgan fingerprint density at radius 3 is 2.44 bits per heavy atom. The molecule has 0 atom stereocenters. The first-order chi connectivity index (χ1) is 4.36. The molecule has 0 bridgehead atoms. The van der Waals surface area contributed by atoms with Crippen molar-refractivity contribution in [2.24, 2.45) is 0 Å². The lowest BCUT2D eigenvalue weighted by atomic mass is 10.4.